The fourth-order valence-corrected chi connectivity index (χ4v) is 2.71. The number of carboxylic acid groups (broad SMARTS) is 1. The maximum atomic E-state index is 13.1. The van der Waals surface area contributed by atoms with Crippen molar-refractivity contribution in [2.45, 2.75) is 19.1 Å². The quantitative estimate of drug-likeness (QED) is 0.800. The normalized spacial score (nSPS) is 13.9. The Labute approximate surface area is 117 Å². The number of fused-ring (bicyclic) bond motifs is 1. The number of hydrogen-bond acceptors (Lipinski definition) is 4. The van der Waals surface area contributed by atoms with Crippen molar-refractivity contribution in [3.05, 3.63) is 35.0 Å². The summed E-state index contributed by atoms with van der Waals surface area (Å²) >= 11 is 1.06. The first-order valence-electron chi connectivity index (χ1n) is 5.79. The molecule has 0 saturated heterocycles. The third-order valence-electron chi connectivity index (χ3n) is 2.74. The molecule has 5 nitrogen and oxygen atoms in total. The molecule has 3 N–H and O–H groups in total. The molecule has 0 unspecified atom stereocenters. The van der Waals surface area contributed by atoms with E-state index in [2.05, 4.69) is 5.32 Å². The van der Waals surface area contributed by atoms with Crippen molar-refractivity contribution in [1.82, 2.24) is 5.32 Å². The van der Waals surface area contributed by atoms with Gasteiger partial charge in [0.25, 0.3) is 5.91 Å². The van der Waals surface area contributed by atoms with Gasteiger partial charge in [-0.3, -0.25) is 4.79 Å². The molecule has 1 aromatic carbocycles. The maximum Gasteiger partial charge on any atom is 0.328 e. The summed E-state index contributed by atoms with van der Waals surface area (Å²) in [5, 5.41) is 21.1. The Balaban J connectivity index is 2.25. The predicted molar refractivity (Wildman–Crippen MR) is 72.4 cm³/mol. The predicted octanol–water partition coefficient (Wildman–Crippen LogP) is 1.60. The summed E-state index contributed by atoms with van der Waals surface area (Å²) in [7, 11) is 0. The highest BCUT2D eigenvalue weighted by atomic mass is 32.1. The lowest BCUT2D eigenvalue weighted by molar-refractivity contribution is -0.141. The van der Waals surface area contributed by atoms with E-state index < -0.39 is 29.8 Å². The van der Waals surface area contributed by atoms with E-state index in [1.54, 1.807) is 12.1 Å². The van der Waals surface area contributed by atoms with Gasteiger partial charge in [-0.1, -0.05) is 6.07 Å². The van der Waals surface area contributed by atoms with Crippen LogP contribution in [0.4, 0.5) is 4.39 Å². The Kier molecular flexibility index (Phi) is 4.01. The summed E-state index contributed by atoms with van der Waals surface area (Å²) in [5.74, 6) is -2.33. The largest absolute Gasteiger partial charge is 0.480 e. The molecule has 1 heterocycles. The first-order valence-corrected chi connectivity index (χ1v) is 6.61. The summed E-state index contributed by atoms with van der Waals surface area (Å²) in [6, 6.07) is 4.30. The average molecular weight is 297 g/mol. The van der Waals surface area contributed by atoms with Crippen LogP contribution in [0.1, 0.15) is 16.6 Å². The minimum absolute atomic E-state index is 0.262. The SMILES string of the molecule is C[C@@H](O)[C@H](NC(=O)c1cc2ccc(F)cc2s1)C(=O)O. The molecule has 20 heavy (non-hydrogen) atoms. The maximum absolute atomic E-state index is 13.1. The number of aliphatic hydroxyl groups is 1. The Morgan fingerprint density at radius 1 is 1.35 bits per heavy atom. The van der Waals surface area contributed by atoms with Gasteiger partial charge in [-0.05, 0) is 30.5 Å². The molecule has 7 heteroatoms. The number of benzene rings is 1. The van der Waals surface area contributed by atoms with Crippen molar-refractivity contribution >= 4 is 33.3 Å². The van der Waals surface area contributed by atoms with Crippen LogP contribution in [0.3, 0.4) is 0 Å². The molecular weight excluding hydrogens is 285 g/mol. The van der Waals surface area contributed by atoms with Crippen molar-refractivity contribution in [1.29, 1.82) is 0 Å². The van der Waals surface area contributed by atoms with E-state index in [9.17, 15) is 19.1 Å². The van der Waals surface area contributed by atoms with Gasteiger partial charge in [0.1, 0.15) is 5.82 Å². The number of carbonyl (C=O) groups excluding carboxylic acids is 1. The zero-order valence-corrected chi connectivity index (χ0v) is 11.3. The third kappa shape index (κ3) is 2.94. The number of hydrogen-bond donors (Lipinski definition) is 3. The minimum Gasteiger partial charge on any atom is -0.480 e. The molecule has 0 saturated carbocycles. The summed E-state index contributed by atoms with van der Waals surface area (Å²) in [4.78, 5) is 23.1. The summed E-state index contributed by atoms with van der Waals surface area (Å²) in [6.07, 6.45) is -1.22. The van der Waals surface area contributed by atoms with Gasteiger partial charge in [-0.2, -0.15) is 0 Å². The van der Waals surface area contributed by atoms with Crippen LogP contribution in [0.25, 0.3) is 10.1 Å². The van der Waals surface area contributed by atoms with E-state index in [0.717, 1.165) is 11.3 Å². The van der Waals surface area contributed by atoms with Crippen LogP contribution in [0.2, 0.25) is 0 Å². The Morgan fingerprint density at radius 2 is 2.05 bits per heavy atom. The highest BCUT2D eigenvalue weighted by Gasteiger charge is 2.26. The van der Waals surface area contributed by atoms with Gasteiger partial charge in [-0.25, -0.2) is 9.18 Å². The molecule has 1 amide bonds. The lowest BCUT2D eigenvalue weighted by atomic mass is 10.2. The molecule has 0 radical (unpaired) electrons. The van der Waals surface area contributed by atoms with Crippen LogP contribution >= 0.6 is 11.3 Å². The zero-order valence-electron chi connectivity index (χ0n) is 10.5. The number of carboxylic acids is 1. The Hall–Kier alpha value is -1.99. The number of rotatable bonds is 4. The molecule has 0 aliphatic rings. The second-order valence-corrected chi connectivity index (χ2v) is 5.41. The van der Waals surface area contributed by atoms with Gasteiger partial charge in [0.2, 0.25) is 0 Å². The number of halogens is 1. The smallest absolute Gasteiger partial charge is 0.328 e. The fourth-order valence-electron chi connectivity index (χ4n) is 1.72. The van der Waals surface area contributed by atoms with Crippen LogP contribution in [-0.4, -0.2) is 34.2 Å². The molecule has 1 aromatic heterocycles. The molecule has 0 fully saturated rings. The summed E-state index contributed by atoms with van der Waals surface area (Å²) in [5.41, 5.74) is 0. The van der Waals surface area contributed by atoms with E-state index in [4.69, 9.17) is 5.11 Å². The van der Waals surface area contributed by atoms with Gasteiger partial charge in [0.15, 0.2) is 6.04 Å². The third-order valence-corrected chi connectivity index (χ3v) is 3.84. The van der Waals surface area contributed by atoms with E-state index in [-0.39, 0.29) is 4.88 Å². The van der Waals surface area contributed by atoms with Crippen LogP contribution < -0.4 is 5.32 Å². The molecule has 0 spiro atoms. The summed E-state index contributed by atoms with van der Waals surface area (Å²) in [6.45, 7) is 1.28. The van der Waals surface area contributed by atoms with Gasteiger partial charge >= 0.3 is 5.97 Å². The van der Waals surface area contributed by atoms with Crippen LogP contribution in [0.15, 0.2) is 24.3 Å². The molecule has 2 rings (SSSR count). The monoisotopic (exact) mass is 297 g/mol. The molecule has 2 aromatic rings. The Bertz CT molecular complexity index is 667. The number of aliphatic hydroxyl groups excluding tert-OH is 1. The molecule has 2 atom stereocenters. The van der Waals surface area contributed by atoms with E-state index in [1.807, 2.05) is 0 Å². The van der Waals surface area contributed by atoms with Crippen molar-refractivity contribution in [2.24, 2.45) is 0 Å². The fraction of sp³-hybridized carbons (Fsp3) is 0.231. The van der Waals surface area contributed by atoms with Crippen LogP contribution in [0.5, 0.6) is 0 Å². The van der Waals surface area contributed by atoms with Crippen molar-refractivity contribution in [2.75, 3.05) is 0 Å². The second-order valence-electron chi connectivity index (χ2n) is 4.32. The van der Waals surface area contributed by atoms with E-state index in [1.165, 1.54) is 19.1 Å². The highest BCUT2D eigenvalue weighted by Crippen LogP contribution is 2.26. The number of amides is 1. The molecular formula is C13H12FNO4S. The van der Waals surface area contributed by atoms with Crippen molar-refractivity contribution in [3.8, 4) is 0 Å². The van der Waals surface area contributed by atoms with Crippen molar-refractivity contribution in [3.63, 3.8) is 0 Å². The highest BCUT2D eigenvalue weighted by molar-refractivity contribution is 7.20. The minimum atomic E-state index is -1.38. The first kappa shape index (κ1) is 14.4. The van der Waals surface area contributed by atoms with E-state index in [0.29, 0.717) is 10.1 Å². The van der Waals surface area contributed by atoms with Crippen LogP contribution in [0, 0.1) is 5.82 Å². The number of nitrogens with one attached hydrogen (secondary N) is 1. The number of thiophene rings is 1. The van der Waals surface area contributed by atoms with Crippen molar-refractivity contribution < 1.29 is 24.2 Å². The molecule has 106 valence electrons. The number of carbonyl (C=O) groups is 2. The number of aliphatic carboxylic acids is 1. The van der Waals surface area contributed by atoms with Gasteiger partial charge in [-0.15, -0.1) is 11.3 Å². The average Bonchev–Trinajstić information content (AvgIpc) is 2.77. The molecule has 0 aliphatic carbocycles. The second kappa shape index (κ2) is 5.56. The Morgan fingerprint density at radius 3 is 2.65 bits per heavy atom. The van der Waals surface area contributed by atoms with E-state index >= 15 is 0 Å². The lowest BCUT2D eigenvalue weighted by Crippen LogP contribution is -2.47. The molecule has 0 aliphatic heterocycles. The van der Waals surface area contributed by atoms with Crippen LogP contribution in [-0.2, 0) is 4.79 Å². The van der Waals surface area contributed by atoms with Gasteiger partial charge in [0.05, 0.1) is 11.0 Å². The topological polar surface area (TPSA) is 86.6 Å². The standard InChI is InChI=1S/C13H12FNO4S/c1-6(16)11(13(18)19)15-12(17)10-4-7-2-3-8(14)5-9(7)20-10/h2-6,11,16H,1H3,(H,15,17)(H,18,19)/t6-,11+/m1/s1. The summed E-state index contributed by atoms with van der Waals surface area (Å²) < 4.78 is 13.7. The zero-order chi connectivity index (χ0) is 14.9. The first-order chi connectivity index (χ1) is 9.38. The van der Waals surface area contributed by atoms with Gasteiger partial charge < -0.3 is 15.5 Å². The molecule has 0 bridgehead atoms. The van der Waals surface area contributed by atoms with Gasteiger partial charge in [0, 0.05) is 4.70 Å². The lowest BCUT2D eigenvalue weighted by Gasteiger charge is -2.16.